The molecule has 0 unspecified atom stereocenters. The normalized spacial score (nSPS) is 17.9. The topological polar surface area (TPSA) is 72.5 Å². The third-order valence-corrected chi connectivity index (χ3v) is 3.83. The minimum atomic E-state index is -3.59. The summed E-state index contributed by atoms with van der Waals surface area (Å²) in [6, 6.07) is 8.97. The van der Waals surface area contributed by atoms with Gasteiger partial charge in [0.2, 0.25) is 10.0 Å². The zero-order valence-electron chi connectivity index (χ0n) is 11.4. The second kappa shape index (κ2) is 6.37. The third-order valence-electron chi connectivity index (χ3n) is 3.26. The van der Waals surface area contributed by atoms with Gasteiger partial charge in [-0.1, -0.05) is 43.2 Å². The fraction of sp³-hybridized carbons (Fsp3) is 0.500. The molecule has 1 fully saturated rings. The van der Waals surface area contributed by atoms with Gasteiger partial charge in [0.15, 0.2) is 6.10 Å². The van der Waals surface area contributed by atoms with Crippen molar-refractivity contribution in [2.24, 2.45) is 0 Å². The van der Waals surface area contributed by atoms with Gasteiger partial charge in [0, 0.05) is 0 Å². The number of amides is 1. The summed E-state index contributed by atoms with van der Waals surface area (Å²) in [4.78, 5) is 12.1. The zero-order valence-corrected chi connectivity index (χ0v) is 12.2. The standard InChI is InChI=1S/C14H19NO4S/c1-20(17,18)15-14(16)13(11-7-3-2-4-8-11)19-12-9-5-6-10-12/h2-4,7-8,12-13H,5-6,9-10H2,1H3,(H,15,16)/t13-/m1/s1. The summed E-state index contributed by atoms with van der Waals surface area (Å²) in [6.45, 7) is 0. The number of hydrogen-bond donors (Lipinski definition) is 1. The Kier molecular flexibility index (Phi) is 4.77. The van der Waals surface area contributed by atoms with Crippen molar-refractivity contribution >= 4 is 15.9 Å². The molecule has 6 heteroatoms. The molecule has 1 N–H and O–H groups in total. The van der Waals surface area contributed by atoms with Crippen LogP contribution in [0.3, 0.4) is 0 Å². The summed E-state index contributed by atoms with van der Waals surface area (Å²) in [5.41, 5.74) is 0.667. The van der Waals surface area contributed by atoms with Crippen LogP contribution in [0.1, 0.15) is 37.4 Å². The third kappa shape index (κ3) is 4.31. The summed E-state index contributed by atoms with van der Waals surface area (Å²) >= 11 is 0. The highest BCUT2D eigenvalue weighted by Crippen LogP contribution is 2.28. The van der Waals surface area contributed by atoms with Crippen LogP contribution in [0.2, 0.25) is 0 Å². The van der Waals surface area contributed by atoms with Crippen molar-refractivity contribution in [1.82, 2.24) is 4.72 Å². The fourth-order valence-corrected chi connectivity index (χ4v) is 2.85. The first-order valence-electron chi connectivity index (χ1n) is 6.68. The predicted molar refractivity (Wildman–Crippen MR) is 75.5 cm³/mol. The molecule has 20 heavy (non-hydrogen) atoms. The first-order chi connectivity index (χ1) is 9.46. The Labute approximate surface area is 119 Å². The molecule has 1 atom stereocenters. The monoisotopic (exact) mass is 297 g/mol. The zero-order chi connectivity index (χ0) is 14.6. The van der Waals surface area contributed by atoms with Crippen LogP contribution in [-0.2, 0) is 19.6 Å². The van der Waals surface area contributed by atoms with Gasteiger partial charge in [-0.15, -0.1) is 0 Å². The van der Waals surface area contributed by atoms with E-state index in [1.807, 2.05) is 10.8 Å². The van der Waals surface area contributed by atoms with E-state index in [9.17, 15) is 13.2 Å². The molecule has 1 amide bonds. The Hall–Kier alpha value is -1.40. The van der Waals surface area contributed by atoms with Crippen LogP contribution in [0.4, 0.5) is 0 Å². The second-order valence-electron chi connectivity index (χ2n) is 5.07. The SMILES string of the molecule is CS(=O)(=O)NC(=O)[C@H](OC1CCCC1)c1ccccc1. The van der Waals surface area contributed by atoms with Gasteiger partial charge in [-0.2, -0.15) is 0 Å². The molecule has 0 spiro atoms. The summed E-state index contributed by atoms with van der Waals surface area (Å²) in [6.07, 6.45) is 4.09. The molecule has 1 aromatic carbocycles. The molecule has 0 aliphatic heterocycles. The molecule has 0 radical (unpaired) electrons. The van der Waals surface area contributed by atoms with Crippen molar-refractivity contribution in [3.63, 3.8) is 0 Å². The molecule has 1 saturated carbocycles. The van der Waals surface area contributed by atoms with Crippen LogP contribution in [0.25, 0.3) is 0 Å². The van der Waals surface area contributed by atoms with E-state index in [0.29, 0.717) is 5.56 Å². The Morgan fingerprint density at radius 2 is 1.85 bits per heavy atom. The lowest BCUT2D eigenvalue weighted by molar-refractivity contribution is -0.135. The molecule has 0 heterocycles. The number of hydrogen-bond acceptors (Lipinski definition) is 4. The van der Waals surface area contributed by atoms with E-state index in [0.717, 1.165) is 31.9 Å². The predicted octanol–water partition coefficient (Wildman–Crippen LogP) is 1.76. The van der Waals surface area contributed by atoms with Crippen molar-refractivity contribution in [2.45, 2.75) is 37.9 Å². The first-order valence-corrected chi connectivity index (χ1v) is 8.57. The molecule has 1 aromatic rings. The van der Waals surface area contributed by atoms with Gasteiger partial charge in [0.05, 0.1) is 12.4 Å². The van der Waals surface area contributed by atoms with Gasteiger partial charge >= 0.3 is 0 Å². The van der Waals surface area contributed by atoms with E-state index in [2.05, 4.69) is 0 Å². The summed E-state index contributed by atoms with van der Waals surface area (Å²) in [7, 11) is -3.59. The minimum Gasteiger partial charge on any atom is -0.360 e. The molecule has 1 aliphatic carbocycles. The average molecular weight is 297 g/mol. The van der Waals surface area contributed by atoms with Gasteiger partial charge in [0.1, 0.15) is 0 Å². The van der Waals surface area contributed by atoms with E-state index in [4.69, 9.17) is 4.74 Å². The van der Waals surface area contributed by atoms with Gasteiger partial charge < -0.3 is 4.74 Å². The van der Waals surface area contributed by atoms with Gasteiger partial charge in [0.25, 0.3) is 5.91 Å². The number of carbonyl (C=O) groups excluding carboxylic acids is 1. The number of ether oxygens (including phenoxy) is 1. The van der Waals surface area contributed by atoms with Crippen LogP contribution in [0.15, 0.2) is 30.3 Å². The molecule has 1 aliphatic rings. The highest BCUT2D eigenvalue weighted by molar-refractivity contribution is 7.89. The Balaban J connectivity index is 2.17. The van der Waals surface area contributed by atoms with Crippen LogP contribution >= 0.6 is 0 Å². The van der Waals surface area contributed by atoms with Crippen LogP contribution in [0.5, 0.6) is 0 Å². The number of carbonyl (C=O) groups is 1. The van der Waals surface area contributed by atoms with E-state index < -0.39 is 22.0 Å². The van der Waals surface area contributed by atoms with Gasteiger partial charge in [-0.3, -0.25) is 9.52 Å². The highest BCUT2D eigenvalue weighted by atomic mass is 32.2. The highest BCUT2D eigenvalue weighted by Gasteiger charge is 2.28. The Bertz CT molecular complexity index is 550. The first kappa shape index (κ1) is 15.0. The van der Waals surface area contributed by atoms with Crippen molar-refractivity contribution in [2.75, 3.05) is 6.26 Å². The molecule has 0 bridgehead atoms. The van der Waals surface area contributed by atoms with E-state index >= 15 is 0 Å². The summed E-state index contributed by atoms with van der Waals surface area (Å²) in [5.74, 6) is -0.634. The fourth-order valence-electron chi connectivity index (χ4n) is 2.37. The lowest BCUT2D eigenvalue weighted by Gasteiger charge is -2.21. The van der Waals surface area contributed by atoms with Crippen molar-refractivity contribution in [1.29, 1.82) is 0 Å². The van der Waals surface area contributed by atoms with Crippen LogP contribution < -0.4 is 4.72 Å². The lowest BCUT2D eigenvalue weighted by Crippen LogP contribution is -2.36. The summed E-state index contributed by atoms with van der Waals surface area (Å²) < 4.78 is 30.3. The van der Waals surface area contributed by atoms with Crippen LogP contribution in [-0.4, -0.2) is 26.7 Å². The summed E-state index contributed by atoms with van der Waals surface area (Å²) in [5, 5.41) is 0. The molecule has 0 aromatic heterocycles. The number of nitrogens with one attached hydrogen (secondary N) is 1. The maximum atomic E-state index is 12.1. The van der Waals surface area contributed by atoms with Crippen LogP contribution in [0, 0.1) is 0 Å². The molecular weight excluding hydrogens is 278 g/mol. The van der Waals surface area contributed by atoms with E-state index in [-0.39, 0.29) is 6.10 Å². The van der Waals surface area contributed by atoms with E-state index in [1.165, 1.54) is 0 Å². The molecule has 5 nitrogen and oxygen atoms in total. The molecule has 0 saturated heterocycles. The van der Waals surface area contributed by atoms with Crippen molar-refractivity contribution in [3.8, 4) is 0 Å². The van der Waals surface area contributed by atoms with Gasteiger partial charge in [-0.05, 0) is 18.4 Å². The van der Waals surface area contributed by atoms with Gasteiger partial charge in [-0.25, -0.2) is 8.42 Å². The molecular formula is C14H19NO4S. The largest absolute Gasteiger partial charge is 0.360 e. The smallest absolute Gasteiger partial charge is 0.267 e. The molecule has 2 rings (SSSR count). The quantitative estimate of drug-likeness (QED) is 0.899. The second-order valence-corrected chi connectivity index (χ2v) is 6.82. The molecule has 110 valence electrons. The van der Waals surface area contributed by atoms with Crippen molar-refractivity contribution in [3.05, 3.63) is 35.9 Å². The maximum Gasteiger partial charge on any atom is 0.267 e. The average Bonchev–Trinajstić information content (AvgIpc) is 2.87. The number of benzene rings is 1. The number of sulfonamides is 1. The number of rotatable bonds is 5. The maximum absolute atomic E-state index is 12.1. The van der Waals surface area contributed by atoms with Crippen molar-refractivity contribution < 1.29 is 17.9 Å². The Morgan fingerprint density at radius 1 is 1.25 bits per heavy atom. The van der Waals surface area contributed by atoms with E-state index in [1.54, 1.807) is 24.3 Å². The Morgan fingerprint density at radius 3 is 2.40 bits per heavy atom. The minimum absolute atomic E-state index is 0.0190. The lowest BCUT2D eigenvalue weighted by atomic mass is 10.1.